The monoisotopic (exact) mass is 721 g/mol. The molecule has 2 aliphatic heterocycles. The summed E-state index contributed by atoms with van der Waals surface area (Å²) < 4.78 is 16.4. The van der Waals surface area contributed by atoms with Gasteiger partial charge < -0.3 is 9.47 Å². The third-order valence-corrected chi connectivity index (χ3v) is 12.8. The summed E-state index contributed by atoms with van der Waals surface area (Å²) in [4.78, 5) is 10.5. The number of aromatic nitrogens is 2. The molecule has 5 aromatic carbocycles. The molecule has 2 atom stereocenters. The Morgan fingerprint density at radius 1 is 0.636 bits per heavy atom. The number of aryl methyl sites for hydroxylation is 8. The molecular formula is C50H47N3O2. The zero-order valence-electron chi connectivity index (χ0n) is 33.7. The second-order valence-electron chi connectivity index (χ2n) is 17.3. The van der Waals surface area contributed by atoms with Gasteiger partial charge in [0.2, 0.25) is 5.90 Å². The van der Waals surface area contributed by atoms with Crippen LogP contribution in [0.2, 0.25) is 0 Å². The summed E-state index contributed by atoms with van der Waals surface area (Å²) in [7, 11) is 0. The highest BCUT2D eigenvalue weighted by Gasteiger charge is 2.51. The molecule has 5 nitrogen and oxygen atoms in total. The third kappa shape index (κ3) is 4.59. The summed E-state index contributed by atoms with van der Waals surface area (Å²) in [6, 6.07) is 27.0. The van der Waals surface area contributed by atoms with E-state index in [0.717, 1.165) is 45.1 Å². The Bertz CT molecular complexity index is 2910. The van der Waals surface area contributed by atoms with Crippen molar-refractivity contribution in [3.63, 3.8) is 0 Å². The van der Waals surface area contributed by atoms with Crippen LogP contribution in [0.5, 0.6) is 11.5 Å². The summed E-state index contributed by atoms with van der Waals surface area (Å²) in [5.41, 5.74) is 19.6. The van der Waals surface area contributed by atoms with E-state index in [4.69, 9.17) is 19.5 Å². The first-order chi connectivity index (χ1) is 26.1. The van der Waals surface area contributed by atoms with E-state index >= 15 is 0 Å². The normalized spacial score (nSPS) is 18.7. The molecule has 7 aromatic rings. The number of fused-ring (bicyclic) bond motifs is 11. The predicted octanol–water partition coefficient (Wildman–Crippen LogP) is 12.5. The molecule has 0 unspecified atom stereocenters. The number of aliphatic imine (C=N–C) groups is 1. The highest BCUT2D eigenvalue weighted by atomic mass is 16.5. The van der Waals surface area contributed by atoms with Crippen LogP contribution in [-0.4, -0.2) is 15.4 Å². The first kappa shape index (κ1) is 33.9. The first-order valence-corrected chi connectivity index (χ1v) is 19.5. The van der Waals surface area contributed by atoms with Crippen LogP contribution < -0.4 is 4.74 Å². The number of hydrogen-bond acceptors (Lipinski definition) is 4. The van der Waals surface area contributed by atoms with E-state index in [1.54, 1.807) is 0 Å². The second-order valence-corrected chi connectivity index (χ2v) is 17.3. The molecule has 4 heterocycles. The lowest BCUT2D eigenvalue weighted by molar-refractivity contribution is 0.145. The number of rotatable bonds is 3. The number of hydrogen-bond donors (Lipinski definition) is 0. The van der Waals surface area contributed by atoms with E-state index in [1.165, 1.54) is 77.5 Å². The van der Waals surface area contributed by atoms with E-state index in [9.17, 15) is 0 Å². The maximum absolute atomic E-state index is 7.06. The Balaban J connectivity index is 1.11. The summed E-state index contributed by atoms with van der Waals surface area (Å²) in [5.74, 6) is 3.26. The van der Waals surface area contributed by atoms with Crippen LogP contribution in [0, 0.1) is 55.4 Å². The standard InChI is InChI=1S/C50H47N3O2/c1-25-15-31(7)43-36(18-25)46-50(11,38-19-26(2)16-32(8)44(38)43)52-48(55-46)33-23-41(29(5)21-28(33)4)54-42-24-40-34(22-30(42)6)35-17-27(3)20-39-45(35)53(40)47-37(49(39,9)10)13-12-14-51-47/h12-24,46H,1-11H3/t46-,50+/m0/s1. The Morgan fingerprint density at radius 3 is 2.09 bits per heavy atom. The molecule has 0 N–H and O–H groups in total. The molecule has 0 saturated carbocycles. The zero-order valence-corrected chi connectivity index (χ0v) is 33.7. The highest BCUT2D eigenvalue weighted by molar-refractivity contribution is 6.12. The zero-order chi connectivity index (χ0) is 38.5. The summed E-state index contributed by atoms with van der Waals surface area (Å²) >= 11 is 0. The predicted molar refractivity (Wildman–Crippen MR) is 225 cm³/mol. The maximum Gasteiger partial charge on any atom is 0.218 e. The van der Waals surface area contributed by atoms with E-state index in [-0.39, 0.29) is 11.5 Å². The second kappa shape index (κ2) is 11.2. The fourth-order valence-electron chi connectivity index (χ4n) is 10.2. The van der Waals surface area contributed by atoms with Crippen LogP contribution in [0.3, 0.4) is 0 Å². The van der Waals surface area contributed by atoms with Gasteiger partial charge in [-0.1, -0.05) is 73.0 Å². The Kier molecular flexibility index (Phi) is 6.89. The van der Waals surface area contributed by atoms with Crippen LogP contribution in [-0.2, 0) is 15.7 Å². The number of nitrogens with zero attached hydrogens (tertiary/aromatic N) is 3. The lowest BCUT2D eigenvalue weighted by Gasteiger charge is -2.38. The van der Waals surface area contributed by atoms with Crippen LogP contribution in [0.25, 0.3) is 38.8 Å². The number of ether oxygens (including phenoxy) is 2. The Morgan fingerprint density at radius 2 is 1.31 bits per heavy atom. The third-order valence-electron chi connectivity index (χ3n) is 12.8. The van der Waals surface area contributed by atoms with Gasteiger partial charge in [-0.3, -0.25) is 4.57 Å². The number of pyridine rings is 1. The fourth-order valence-corrected chi connectivity index (χ4v) is 10.2. The molecule has 5 heteroatoms. The quantitative estimate of drug-likeness (QED) is 0.182. The van der Waals surface area contributed by atoms with Crippen molar-refractivity contribution in [2.24, 2.45) is 4.99 Å². The van der Waals surface area contributed by atoms with Gasteiger partial charge in [0.15, 0.2) is 6.10 Å². The van der Waals surface area contributed by atoms with Gasteiger partial charge in [-0.2, -0.15) is 0 Å². The Hall–Kier alpha value is -5.68. The lowest BCUT2D eigenvalue weighted by Crippen LogP contribution is -2.31. The molecule has 0 amide bonds. The molecular weight excluding hydrogens is 675 g/mol. The maximum atomic E-state index is 7.06. The van der Waals surface area contributed by atoms with Crippen molar-refractivity contribution < 1.29 is 9.47 Å². The molecule has 0 spiro atoms. The molecule has 1 aliphatic carbocycles. The van der Waals surface area contributed by atoms with Crippen LogP contribution >= 0.6 is 0 Å². The van der Waals surface area contributed by atoms with Gasteiger partial charge in [0.25, 0.3) is 0 Å². The Labute approximate surface area is 323 Å². The van der Waals surface area contributed by atoms with E-state index < -0.39 is 5.54 Å². The topological polar surface area (TPSA) is 48.6 Å². The smallest absolute Gasteiger partial charge is 0.218 e. The van der Waals surface area contributed by atoms with Crippen molar-refractivity contribution in [2.75, 3.05) is 0 Å². The van der Waals surface area contributed by atoms with Crippen molar-refractivity contribution in [3.05, 3.63) is 151 Å². The van der Waals surface area contributed by atoms with E-state index in [0.29, 0.717) is 5.90 Å². The first-order valence-electron chi connectivity index (χ1n) is 19.5. The minimum Gasteiger partial charge on any atom is -0.466 e. The summed E-state index contributed by atoms with van der Waals surface area (Å²) in [6.07, 6.45) is 1.66. The summed E-state index contributed by atoms with van der Waals surface area (Å²) in [6.45, 7) is 24.3. The van der Waals surface area contributed by atoms with Crippen molar-refractivity contribution in [1.82, 2.24) is 9.55 Å². The van der Waals surface area contributed by atoms with Crippen molar-refractivity contribution in [3.8, 4) is 28.4 Å². The minimum atomic E-state index is -0.580. The fraction of sp³-hybridized carbons (Fsp3) is 0.280. The average Bonchev–Trinajstić information content (AvgIpc) is 3.64. The van der Waals surface area contributed by atoms with Gasteiger partial charge in [0, 0.05) is 45.1 Å². The molecule has 10 rings (SSSR count). The van der Waals surface area contributed by atoms with Crippen molar-refractivity contribution in [1.29, 1.82) is 0 Å². The van der Waals surface area contributed by atoms with Crippen LogP contribution in [0.15, 0.2) is 84.0 Å². The van der Waals surface area contributed by atoms with Crippen molar-refractivity contribution >= 4 is 27.7 Å². The summed E-state index contributed by atoms with van der Waals surface area (Å²) in [5, 5.41) is 2.46. The van der Waals surface area contributed by atoms with E-state index in [2.05, 4.69) is 154 Å². The van der Waals surface area contributed by atoms with Gasteiger partial charge in [0.05, 0.1) is 11.0 Å². The molecule has 274 valence electrons. The van der Waals surface area contributed by atoms with Gasteiger partial charge >= 0.3 is 0 Å². The lowest BCUT2D eigenvalue weighted by atomic mass is 9.70. The van der Waals surface area contributed by atoms with E-state index in [1.807, 2.05) is 6.20 Å². The highest BCUT2D eigenvalue weighted by Crippen LogP contribution is 2.57. The SMILES string of the molecule is Cc1cc(C)c2c(c1)[C@@H]1OC(c3cc(Oc4cc5c(cc4C)c4cc(C)cc6c4n5-c4ncccc4C6(C)C)c(C)cc3C)=N[C@]1(C)c1cc(C)cc(C)c1-2. The van der Waals surface area contributed by atoms with Gasteiger partial charge in [0.1, 0.15) is 22.9 Å². The molecule has 0 fully saturated rings. The van der Waals surface area contributed by atoms with Gasteiger partial charge in [-0.05, 0) is 137 Å². The van der Waals surface area contributed by atoms with Crippen LogP contribution in [0.1, 0.15) is 99.2 Å². The van der Waals surface area contributed by atoms with Crippen molar-refractivity contribution in [2.45, 2.75) is 93.2 Å². The minimum absolute atomic E-state index is 0.179. The molecule has 55 heavy (non-hydrogen) atoms. The largest absolute Gasteiger partial charge is 0.466 e. The molecule has 3 aliphatic rings. The molecule has 2 aromatic heterocycles. The molecule has 0 radical (unpaired) electrons. The molecule has 0 bridgehead atoms. The molecule has 0 saturated heterocycles. The van der Waals surface area contributed by atoms with Gasteiger partial charge in [-0.25, -0.2) is 9.98 Å². The van der Waals surface area contributed by atoms with Gasteiger partial charge in [-0.15, -0.1) is 0 Å². The van der Waals surface area contributed by atoms with Crippen LogP contribution in [0.4, 0.5) is 0 Å². The number of benzene rings is 5. The average molecular weight is 722 g/mol.